The van der Waals surface area contributed by atoms with Crippen molar-refractivity contribution in [1.29, 1.82) is 0 Å². The van der Waals surface area contributed by atoms with E-state index in [-0.39, 0.29) is 23.7 Å². The SMILES string of the molecule is O=C1[C@@H]2[C@H](C(=O)N1c1ccccc1)[C@H]1CCCCC1=C1CCCC[C@H]12. The third-order valence-corrected chi connectivity index (χ3v) is 7.01. The van der Waals surface area contributed by atoms with E-state index in [1.165, 1.54) is 30.6 Å². The Morgan fingerprint density at radius 2 is 1.24 bits per heavy atom. The number of fused-ring (bicyclic) bond motifs is 5. The number of allylic oxidation sites excluding steroid dienone is 2. The van der Waals surface area contributed by atoms with Crippen LogP contribution >= 0.6 is 0 Å². The predicted molar refractivity (Wildman–Crippen MR) is 96.9 cm³/mol. The summed E-state index contributed by atoms with van der Waals surface area (Å²) in [5.74, 6) is 0.580. The molecule has 1 aromatic rings. The molecule has 3 nitrogen and oxygen atoms in total. The van der Waals surface area contributed by atoms with E-state index < -0.39 is 0 Å². The Hall–Kier alpha value is -1.90. The fraction of sp³-hybridized carbons (Fsp3) is 0.545. The minimum atomic E-state index is -0.102. The first-order valence-corrected chi connectivity index (χ1v) is 9.92. The molecule has 0 unspecified atom stereocenters. The molecule has 2 saturated carbocycles. The molecule has 0 spiro atoms. The smallest absolute Gasteiger partial charge is 0.238 e. The molecule has 25 heavy (non-hydrogen) atoms. The summed E-state index contributed by atoms with van der Waals surface area (Å²) in [5.41, 5.74) is 3.91. The highest BCUT2D eigenvalue weighted by atomic mass is 16.2. The number of hydrogen-bond donors (Lipinski definition) is 0. The van der Waals surface area contributed by atoms with Crippen LogP contribution in [0.3, 0.4) is 0 Å². The summed E-state index contributed by atoms with van der Waals surface area (Å²) in [6, 6.07) is 9.54. The zero-order chi connectivity index (χ0) is 17.0. The van der Waals surface area contributed by atoms with Gasteiger partial charge in [-0.3, -0.25) is 14.5 Å². The van der Waals surface area contributed by atoms with Gasteiger partial charge in [-0.1, -0.05) is 42.2 Å². The molecule has 0 aromatic heterocycles. The predicted octanol–water partition coefficient (Wildman–Crippen LogP) is 4.48. The standard InChI is InChI=1S/C22H25NO2/c24-21-19-17-12-6-4-10-15(17)16-11-5-7-13-18(16)20(19)22(25)23(21)14-8-2-1-3-9-14/h1-3,8-9,17-20H,4-7,10-13H2/t17-,18+,19+,20-. The molecule has 0 N–H and O–H groups in total. The van der Waals surface area contributed by atoms with Crippen LogP contribution in [0.2, 0.25) is 0 Å². The van der Waals surface area contributed by atoms with Gasteiger partial charge >= 0.3 is 0 Å². The molecule has 0 radical (unpaired) electrons. The van der Waals surface area contributed by atoms with Gasteiger partial charge in [-0.05, 0) is 62.5 Å². The molecule has 4 atom stereocenters. The molecule has 3 aliphatic carbocycles. The quantitative estimate of drug-likeness (QED) is 0.560. The number of benzene rings is 1. The lowest BCUT2D eigenvalue weighted by atomic mass is 9.58. The average molecular weight is 335 g/mol. The Labute approximate surface area is 149 Å². The van der Waals surface area contributed by atoms with Gasteiger partial charge in [-0.2, -0.15) is 0 Å². The number of amides is 2. The molecule has 5 rings (SSSR count). The number of nitrogens with zero attached hydrogens (tertiary/aromatic N) is 1. The Balaban J connectivity index is 1.61. The van der Waals surface area contributed by atoms with Gasteiger partial charge in [0.2, 0.25) is 11.8 Å². The lowest BCUT2D eigenvalue weighted by Gasteiger charge is -2.44. The molecule has 1 aromatic carbocycles. The Bertz CT molecular complexity index is 707. The summed E-state index contributed by atoms with van der Waals surface area (Å²) >= 11 is 0. The van der Waals surface area contributed by atoms with E-state index in [1.54, 1.807) is 11.1 Å². The van der Waals surface area contributed by atoms with Crippen molar-refractivity contribution in [2.45, 2.75) is 51.4 Å². The lowest BCUT2D eigenvalue weighted by Crippen LogP contribution is -2.41. The number of rotatable bonds is 1. The zero-order valence-corrected chi connectivity index (χ0v) is 14.6. The summed E-state index contributed by atoms with van der Waals surface area (Å²) < 4.78 is 0. The van der Waals surface area contributed by atoms with Crippen LogP contribution in [0.25, 0.3) is 0 Å². The first-order valence-electron chi connectivity index (χ1n) is 9.92. The van der Waals surface area contributed by atoms with E-state index in [9.17, 15) is 9.59 Å². The van der Waals surface area contributed by atoms with Crippen molar-refractivity contribution in [3.05, 3.63) is 41.5 Å². The van der Waals surface area contributed by atoms with E-state index in [0.717, 1.165) is 31.4 Å². The molecule has 1 heterocycles. The molecular weight excluding hydrogens is 310 g/mol. The van der Waals surface area contributed by atoms with Crippen molar-refractivity contribution in [2.75, 3.05) is 4.90 Å². The van der Waals surface area contributed by atoms with Crippen molar-refractivity contribution in [1.82, 2.24) is 0 Å². The van der Waals surface area contributed by atoms with Crippen molar-refractivity contribution in [3.63, 3.8) is 0 Å². The van der Waals surface area contributed by atoms with Gasteiger partial charge in [-0.15, -0.1) is 0 Å². The average Bonchev–Trinajstić information content (AvgIpc) is 2.94. The zero-order valence-electron chi connectivity index (χ0n) is 14.6. The van der Waals surface area contributed by atoms with Crippen molar-refractivity contribution in [2.24, 2.45) is 23.7 Å². The van der Waals surface area contributed by atoms with Crippen LogP contribution in [0.1, 0.15) is 51.4 Å². The molecular formula is C22H25NO2. The van der Waals surface area contributed by atoms with Gasteiger partial charge in [0, 0.05) is 0 Å². The maximum absolute atomic E-state index is 13.4. The van der Waals surface area contributed by atoms with Crippen LogP contribution < -0.4 is 4.90 Å². The van der Waals surface area contributed by atoms with Crippen LogP contribution in [0.5, 0.6) is 0 Å². The number of anilines is 1. The summed E-state index contributed by atoms with van der Waals surface area (Å²) in [7, 11) is 0. The fourth-order valence-corrected chi connectivity index (χ4v) is 6.06. The fourth-order valence-electron chi connectivity index (χ4n) is 6.06. The van der Waals surface area contributed by atoms with Crippen LogP contribution in [0, 0.1) is 23.7 Å². The molecule has 1 aliphatic heterocycles. The monoisotopic (exact) mass is 335 g/mol. The molecule has 2 amide bonds. The number of carbonyl (C=O) groups excluding carboxylic acids is 2. The maximum atomic E-state index is 13.4. The molecule has 1 saturated heterocycles. The molecule has 130 valence electrons. The molecule has 4 aliphatic rings. The Morgan fingerprint density at radius 1 is 0.720 bits per heavy atom. The van der Waals surface area contributed by atoms with Gasteiger partial charge in [-0.25, -0.2) is 0 Å². The maximum Gasteiger partial charge on any atom is 0.238 e. The number of carbonyl (C=O) groups is 2. The second-order valence-corrected chi connectivity index (χ2v) is 8.15. The van der Waals surface area contributed by atoms with Crippen molar-refractivity contribution >= 4 is 17.5 Å². The molecule has 0 bridgehead atoms. The van der Waals surface area contributed by atoms with Crippen molar-refractivity contribution in [3.8, 4) is 0 Å². The largest absolute Gasteiger partial charge is 0.274 e. The number of imide groups is 1. The Kier molecular flexibility index (Phi) is 3.58. The highest BCUT2D eigenvalue weighted by molar-refractivity contribution is 6.22. The van der Waals surface area contributed by atoms with Crippen LogP contribution in [-0.2, 0) is 9.59 Å². The highest BCUT2D eigenvalue weighted by Crippen LogP contribution is 2.56. The van der Waals surface area contributed by atoms with E-state index in [1.807, 2.05) is 30.3 Å². The normalized spacial score (nSPS) is 34.6. The summed E-state index contributed by atoms with van der Waals surface area (Å²) in [6.07, 6.45) is 9.40. The molecule has 3 heteroatoms. The second-order valence-electron chi connectivity index (χ2n) is 8.15. The van der Waals surface area contributed by atoms with E-state index in [2.05, 4.69) is 0 Å². The van der Waals surface area contributed by atoms with Crippen LogP contribution in [0.4, 0.5) is 5.69 Å². The molecule has 3 fully saturated rings. The topological polar surface area (TPSA) is 37.4 Å². The first-order chi connectivity index (χ1) is 12.3. The number of para-hydroxylation sites is 1. The third kappa shape index (κ3) is 2.17. The van der Waals surface area contributed by atoms with Gasteiger partial charge < -0.3 is 0 Å². The van der Waals surface area contributed by atoms with Gasteiger partial charge in [0.25, 0.3) is 0 Å². The van der Waals surface area contributed by atoms with Gasteiger partial charge in [0.15, 0.2) is 0 Å². The second kappa shape index (κ2) is 5.82. The van der Waals surface area contributed by atoms with Gasteiger partial charge in [0.1, 0.15) is 0 Å². The highest BCUT2D eigenvalue weighted by Gasteiger charge is 2.58. The summed E-state index contributed by atoms with van der Waals surface area (Å²) in [6.45, 7) is 0. The summed E-state index contributed by atoms with van der Waals surface area (Å²) in [5, 5.41) is 0. The van der Waals surface area contributed by atoms with E-state index >= 15 is 0 Å². The van der Waals surface area contributed by atoms with Crippen LogP contribution in [0.15, 0.2) is 41.5 Å². The minimum Gasteiger partial charge on any atom is -0.274 e. The van der Waals surface area contributed by atoms with Crippen molar-refractivity contribution < 1.29 is 9.59 Å². The summed E-state index contributed by atoms with van der Waals surface area (Å²) in [4.78, 5) is 28.2. The Morgan fingerprint density at radius 3 is 1.76 bits per heavy atom. The van der Waals surface area contributed by atoms with Gasteiger partial charge in [0.05, 0.1) is 17.5 Å². The lowest BCUT2D eigenvalue weighted by molar-refractivity contribution is -0.123. The van der Waals surface area contributed by atoms with E-state index in [0.29, 0.717) is 11.8 Å². The first kappa shape index (κ1) is 15.4. The number of hydrogen-bond acceptors (Lipinski definition) is 2. The van der Waals surface area contributed by atoms with E-state index in [4.69, 9.17) is 0 Å². The third-order valence-electron chi connectivity index (χ3n) is 7.01. The van der Waals surface area contributed by atoms with Crippen LogP contribution in [-0.4, -0.2) is 11.8 Å². The minimum absolute atomic E-state index is 0.0650.